The molecular formula is C17H17IN2O5S. The highest BCUT2D eigenvalue weighted by molar-refractivity contribution is 14.1. The number of nitro benzene ring substituents is 1. The minimum absolute atomic E-state index is 0.0371. The van der Waals surface area contributed by atoms with E-state index in [1.54, 1.807) is 24.3 Å². The summed E-state index contributed by atoms with van der Waals surface area (Å²) in [4.78, 5) is 22.4. The van der Waals surface area contributed by atoms with Gasteiger partial charge in [-0.2, -0.15) is 0 Å². The number of benzene rings is 2. The van der Waals surface area contributed by atoms with Crippen LogP contribution in [-0.2, 0) is 15.6 Å². The van der Waals surface area contributed by atoms with Crippen LogP contribution in [0, 0.1) is 13.7 Å². The van der Waals surface area contributed by atoms with Crippen molar-refractivity contribution in [2.24, 2.45) is 0 Å². The predicted molar refractivity (Wildman–Crippen MR) is 107 cm³/mol. The first-order valence-electron chi connectivity index (χ1n) is 7.75. The van der Waals surface area contributed by atoms with Gasteiger partial charge in [-0.15, -0.1) is 0 Å². The molecule has 0 bridgehead atoms. The molecule has 2 aromatic rings. The van der Waals surface area contributed by atoms with Crippen LogP contribution in [0.5, 0.6) is 0 Å². The molecule has 0 radical (unpaired) electrons. The van der Waals surface area contributed by atoms with Crippen molar-refractivity contribution in [3.8, 4) is 0 Å². The van der Waals surface area contributed by atoms with Gasteiger partial charge in [0, 0.05) is 22.2 Å². The van der Waals surface area contributed by atoms with Gasteiger partial charge in [0.05, 0.1) is 22.0 Å². The summed E-state index contributed by atoms with van der Waals surface area (Å²) >= 11 is 1.92. The molecule has 0 saturated carbocycles. The molecule has 0 fully saturated rings. The number of nitrogens with zero attached hydrogens (tertiary/aromatic N) is 1. The van der Waals surface area contributed by atoms with Gasteiger partial charge in [-0.25, -0.2) is 8.42 Å². The number of nitrogens with one attached hydrogen (secondary N) is 1. The van der Waals surface area contributed by atoms with Crippen molar-refractivity contribution in [3.63, 3.8) is 0 Å². The van der Waals surface area contributed by atoms with Crippen LogP contribution < -0.4 is 5.32 Å². The van der Waals surface area contributed by atoms with Crippen molar-refractivity contribution < 1.29 is 18.1 Å². The second-order valence-electron chi connectivity index (χ2n) is 5.61. The van der Waals surface area contributed by atoms with Gasteiger partial charge in [-0.05, 0) is 40.6 Å². The Bertz CT molecular complexity index is 901. The largest absolute Gasteiger partial charge is 0.352 e. The Morgan fingerprint density at radius 1 is 1.15 bits per heavy atom. The number of halogens is 1. The van der Waals surface area contributed by atoms with Crippen LogP contribution >= 0.6 is 22.6 Å². The predicted octanol–water partition coefficient (Wildman–Crippen LogP) is 2.93. The van der Waals surface area contributed by atoms with Crippen molar-refractivity contribution in [1.29, 1.82) is 0 Å². The Morgan fingerprint density at radius 2 is 1.85 bits per heavy atom. The van der Waals surface area contributed by atoms with E-state index in [2.05, 4.69) is 5.32 Å². The number of amides is 1. The Hall–Kier alpha value is -2.01. The number of sulfone groups is 1. The molecule has 0 unspecified atom stereocenters. The zero-order valence-corrected chi connectivity index (χ0v) is 16.7. The SMILES string of the molecule is O=C(NCCCS(=O)(=O)Cc1ccccc1)c1cc([N+](=O)[O-])ccc1I. The summed E-state index contributed by atoms with van der Waals surface area (Å²) in [7, 11) is -3.27. The molecule has 26 heavy (non-hydrogen) atoms. The summed E-state index contributed by atoms with van der Waals surface area (Å²) in [6, 6.07) is 12.9. The molecule has 138 valence electrons. The maximum Gasteiger partial charge on any atom is 0.270 e. The highest BCUT2D eigenvalue weighted by Gasteiger charge is 2.16. The molecule has 2 rings (SSSR count). The van der Waals surface area contributed by atoms with Gasteiger partial charge in [0.2, 0.25) is 0 Å². The molecule has 1 amide bonds. The molecule has 0 heterocycles. The van der Waals surface area contributed by atoms with Gasteiger partial charge >= 0.3 is 0 Å². The van der Waals surface area contributed by atoms with Crippen LogP contribution in [0.1, 0.15) is 22.3 Å². The molecule has 0 aliphatic carbocycles. The van der Waals surface area contributed by atoms with Crippen molar-refractivity contribution in [2.75, 3.05) is 12.3 Å². The molecule has 0 saturated heterocycles. The minimum atomic E-state index is -3.27. The van der Waals surface area contributed by atoms with E-state index in [-0.39, 0.29) is 35.7 Å². The zero-order valence-electron chi connectivity index (χ0n) is 13.7. The summed E-state index contributed by atoms with van der Waals surface area (Å²) in [5, 5.41) is 13.4. The number of carbonyl (C=O) groups is 1. The molecule has 0 spiro atoms. The lowest BCUT2D eigenvalue weighted by Crippen LogP contribution is -2.27. The maximum absolute atomic E-state index is 12.2. The highest BCUT2D eigenvalue weighted by atomic mass is 127. The van der Waals surface area contributed by atoms with Crippen LogP contribution in [0.2, 0.25) is 0 Å². The lowest BCUT2D eigenvalue weighted by atomic mass is 10.2. The van der Waals surface area contributed by atoms with Crippen molar-refractivity contribution >= 4 is 44.0 Å². The van der Waals surface area contributed by atoms with E-state index in [1.165, 1.54) is 18.2 Å². The maximum atomic E-state index is 12.2. The van der Waals surface area contributed by atoms with Crippen LogP contribution in [0.4, 0.5) is 5.69 Å². The smallest absolute Gasteiger partial charge is 0.270 e. The van der Waals surface area contributed by atoms with Gasteiger partial charge in [0.15, 0.2) is 9.84 Å². The lowest BCUT2D eigenvalue weighted by Gasteiger charge is -2.08. The standard InChI is InChI=1S/C17H17IN2O5S/c18-16-8-7-14(20(22)23)11-15(16)17(21)19-9-4-10-26(24,25)12-13-5-2-1-3-6-13/h1-3,5-8,11H,4,9-10,12H2,(H,19,21). The Labute approximate surface area is 165 Å². The van der Waals surface area contributed by atoms with Gasteiger partial charge in [-0.1, -0.05) is 30.3 Å². The summed E-state index contributed by atoms with van der Waals surface area (Å²) in [6.07, 6.45) is 0.270. The van der Waals surface area contributed by atoms with E-state index in [0.717, 1.165) is 5.56 Å². The second kappa shape index (κ2) is 9.08. The van der Waals surface area contributed by atoms with Crippen molar-refractivity contribution in [3.05, 3.63) is 73.3 Å². The van der Waals surface area contributed by atoms with E-state index < -0.39 is 20.7 Å². The number of nitro groups is 1. The quantitative estimate of drug-likeness (QED) is 0.266. The topological polar surface area (TPSA) is 106 Å². The molecule has 0 atom stereocenters. The van der Waals surface area contributed by atoms with Crippen LogP contribution in [0.25, 0.3) is 0 Å². The third-order valence-corrected chi connectivity index (χ3v) is 6.18. The van der Waals surface area contributed by atoms with E-state index in [0.29, 0.717) is 3.57 Å². The number of hydrogen-bond acceptors (Lipinski definition) is 5. The number of carbonyl (C=O) groups excluding carboxylic acids is 1. The fraction of sp³-hybridized carbons (Fsp3) is 0.235. The molecule has 0 aliphatic rings. The summed E-state index contributed by atoms with van der Waals surface area (Å²) in [5.74, 6) is -0.544. The number of non-ortho nitro benzene ring substituents is 1. The fourth-order valence-corrected chi connectivity index (χ4v) is 4.30. The minimum Gasteiger partial charge on any atom is -0.352 e. The van der Waals surface area contributed by atoms with Crippen LogP contribution in [0.3, 0.4) is 0 Å². The van der Waals surface area contributed by atoms with E-state index >= 15 is 0 Å². The molecule has 0 aliphatic heterocycles. The Kier molecular flexibility index (Phi) is 7.09. The number of rotatable bonds is 8. The zero-order chi connectivity index (χ0) is 19.2. The first kappa shape index (κ1) is 20.3. The summed E-state index contributed by atoms with van der Waals surface area (Å²) in [6.45, 7) is 0.172. The van der Waals surface area contributed by atoms with Gasteiger partial charge in [0.1, 0.15) is 0 Å². The van der Waals surface area contributed by atoms with Gasteiger partial charge in [0.25, 0.3) is 11.6 Å². The van der Waals surface area contributed by atoms with Crippen molar-refractivity contribution in [1.82, 2.24) is 5.32 Å². The average molecular weight is 488 g/mol. The van der Waals surface area contributed by atoms with Crippen LogP contribution in [-0.4, -0.2) is 31.5 Å². The molecule has 7 nitrogen and oxygen atoms in total. The van der Waals surface area contributed by atoms with E-state index in [4.69, 9.17) is 0 Å². The third kappa shape index (κ3) is 6.06. The molecule has 2 aromatic carbocycles. The first-order chi connectivity index (χ1) is 12.3. The molecule has 1 N–H and O–H groups in total. The van der Waals surface area contributed by atoms with Gasteiger partial charge < -0.3 is 5.32 Å². The van der Waals surface area contributed by atoms with E-state index in [1.807, 2.05) is 28.7 Å². The summed E-state index contributed by atoms with van der Waals surface area (Å²) < 4.78 is 24.8. The second-order valence-corrected chi connectivity index (χ2v) is 8.95. The van der Waals surface area contributed by atoms with Gasteiger partial charge in [-0.3, -0.25) is 14.9 Å². The summed E-state index contributed by atoms with van der Waals surface area (Å²) in [5.41, 5.74) is 0.760. The molecule has 0 aromatic heterocycles. The molecular weight excluding hydrogens is 471 g/mol. The van der Waals surface area contributed by atoms with E-state index in [9.17, 15) is 23.3 Å². The molecule has 9 heteroatoms. The third-order valence-electron chi connectivity index (χ3n) is 3.55. The Balaban J connectivity index is 1.87. The fourth-order valence-electron chi connectivity index (χ4n) is 2.29. The lowest BCUT2D eigenvalue weighted by molar-refractivity contribution is -0.384. The monoisotopic (exact) mass is 488 g/mol. The normalized spacial score (nSPS) is 11.1. The first-order valence-corrected chi connectivity index (χ1v) is 10.6. The van der Waals surface area contributed by atoms with Crippen molar-refractivity contribution in [2.45, 2.75) is 12.2 Å². The van der Waals surface area contributed by atoms with Crippen LogP contribution in [0.15, 0.2) is 48.5 Å². The highest BCUT2D eigenvalue weighted by Crippen LogP contribution is 2.19. The Morgan fingerprint density at radius 3 is 2.50 bits per heavy atom. The average Bonchev–Trinajstić information content (AvgIpc) is 2.59. The number of hydrogen-bond donors (Lipinski definition) is 1.